The lowest BCUT2D eigenvalue weighted by atomic mass is 9.83. The molecule has 0 aromatic rings. The lowest BCUT2D eigenvalue weighted by Gasteiger charge is -2.49. The molecule has 1 N–H and O–H groups in total. The molecule has 1 heterocycles. The van der Waals surface area contributed by atoms with Crippen molar-refractivity contribution in [2.75, 3.05) is 13.1 Å². The van der Waals surface area contributed by atoms with E-state index in [1.807, 2.05) is 0 Å². The number of piperazine rings is 1. The van der Waals surface area contributed by atoms with Crippen LogP contribution in [0.15, 0.2) is 0 Å². The Kier molecular flexibility index (Phi) is 4.65. The third-order valence-corrected chi connectivity index (χ3v) is 3.91. The summed E-state index contributed by atoms with van der Waals surface area (Å²) in [5.41, 5.74) is 0.632. The Morgan fingerprint density at radius 1 is 1.06 bits per heavy atom. The lowest BCUT2D eigenvalue weighted by Crippen LogP contribution is -2.64. The molecule has 0 aliphatic carbocycles. The van der Waals surface area contributed by atoms with Crippen LogP contribution in [0.1, 0.15) is 61.3 Å². The molecule has 0 amide bonds. The minimum absolute atomic E-state index is 0.289. The predicted octanol–water partition coefficient (Wildman–Crippen LogP) is 3.27. The quantitative estimate of drug-likeness (QED) is 0.797. The predicted molar refractivity (Wildman–Crippen MR) is 76.4 cm³/mol. The van der Waals surface area contributed by atoms with Crippen molar-refractivity contribution in [1.82, 2.24) is 10.2 Å². The molecule has 17 heavy (non-hydrogen) atoms. The summed E-state index contributed by atoms with van der Waals surface area (Å²) in [5, 5.41) is 3.85. The summed E-state index contributed by atoms with van der Waals surface area (Å²) >= 11 is 0. The van der Waals surface area contributed by atoms with Crippen LogP contribution in [0, 0.1) is 5.41 Å². The van der Waals surface area contributed by atoms with E-state index in [2.05, 4.69) is 58.7 Å². The summed E-state index contributed by atoms with van der Waals surface area (Å²) in [6.45, 7) is 18.7. The molecule has 2 nitrogen and oxygen atoms in total. The van der Waals surface area contributed by atoms with E-state index in [0.29, 0.717) is 17.5 Å². The Balaban J connectivity index is 2.76. The van der Waals surface area contributed by atoms with E-state index in [0.717, 1.165) is 0 Å². The van der Waals surface area contributed by atoms with Crippen molar-refractivity contribution in [3.05, 3.63) is 0 Å². The topological polar surface area (TPSA) is 15.3 Å². The number of nitrogens with zero attached hydrogens (tertiary/aromatic N) is 1. The summed E-state index contributed by atoms with van der Waals surface area (Å²) in [5.74, 6) is 0. The number of hydrogen-bond donors (Lipinski definition) is 1. The molecule has 0 bridgehead atoms. The zero-order valence-corrected chi connectivity index (χ0v) is 12.9. The first kappa shape index (κ1) is 15.0. The molecule has 2 atom stereocenters. The molecule has 1 saturated heterocycles. The van der Waals surface area contributed by atoms with Gasteiger partial charge in [-0.15, -0.1) is 0 Å². The molecular weight excluding hydrogens is 208 g/mol. The second-order valence-corrected chi connectivity index (χ2v) is 7.65. The molecule has 2 heteroatoms. The fourth-order valence-corrected chi connectivity index (χ4v) is 2.55. The van der Waals surface area contributed by atoms with Crippen LogP contribution in [-0.4, -0.2) is 35.6 Å². The van der Waals surface area contributed by atoms with Gasteiger partial charge in [-0.3, -0.25) is 4.90 Å². The lowest BCUT2D eigenvalue weighted by molar-refractivity contribution is 0.0381. The Morgan fingerprint density at radius 2 is 1.65 bits per heavy atom. The van der Waals surface area contributed by atoms with Gasteiger partial charge >= 0.3 is 0 Å². The van der Waals surface area contributed by atoms with Gasteiger partial charge in [-0.2, -0.15) is 0 Å². The summed E-state index contributed by atoms with van der Waals surface area (Å²) in [4.78, 5) is 2.65. The first-order chi connectivity index (χ1) is 7.64. The van der Waals surface area contributed by atoms with Crippen molar-refractivity contribution in [2.45, 2.75) is 78.9 Å². The molecular formula is C15H32N2. The molecule has 0 saturated carbocycles. The highest BCUT2D eigenvalue weighted by Crippen LogP contribution is 2.27. The van der Waals surface area contributed by atoms with Crippen molar-refractivity contribution in [1.29, 1.82) is 0 Å². The summed E-state index contributed by atoms with van der Waals surface area (Å²) in [7, 11) is 0. The van der Waals surface area contributed by atoms with Crippen LogP contribution in [0.4, 0.5) is 0 Å². The monoisotopic (exact) mass is 240 g/mol. The fraction of sp³-hybridized carbons (Fsp3) is 1.00. The third kappa shape index (κ3) is 4.26. The Hall–Kier alpha value is -0.0800. The van der Waals surface area contributed by atoms with E-state index in [1.54, 1.807) is 0 Å². The van der Waals surface area contributed by atoms with Gasteiger partial charge < -0.3 is 5.32 Å². The fourth-order valence-electron chi connectivity index (χ4n) is 2.55. The summed E-state index contributed by atoms with van der Waals surface area (Å²) in [6, 6.07) is 1.27. The number of hydrogen-bond acceptors (Lipinski definition) is 2. The van der Waals surface area contributed by atoms with Gasteiger partial charge in [0.1, 0.15) is 0 Å². The van der Waals surface area contributed by atoms with Crippen molar-refractivity contribution in [3.8, 4) is 0 Å². The van der Waals surface area contributed by atoms with Crippen molar-refractivity contribution in [3.63, 3.8) is 0 Å². The van der Waals surface area contributed by atoms with Gasteiger partial charge in [0.2, 0.25) is 0 Å². The second kappa shape index (κ2) is 5.27. The second-order valence-electron chi connectivity index (χ2n) is 7.65. The molecule has 0 radical (unpaired) electrons. The van der Waals surface area contributed by atoms with Gasteiger partial charge in [-0.05, 0) is 32.6 Å². The first-order valence-electron chi connectivity index (χ1n) is 7.15. The number of rotatable bonds is 2. The molecule has 1 aliphatic heterocycles. The van der Waals surface area contributed by atoms with Crippen LogP contribution in [0.2, 0.25) is 0 Å². The molecule has 0 spiro atoms. The van der Waals surface area contributed by atoms with Gasteiger partial charge in [0.05, 0.1) is 0 Å². The number of nitrogens with one attached hydrogen (secondary N) is 1. The molecule has 1 fully saturated rings. The highest BCUT2D eigenvalue weighted by molar-refractivity contribution is 4.95. The van der Waals surface area contributed by atoms with Crippen molar-refractivity contribution < 1.29 is 0 Å². The van der Waals surface area contributed by atoms with E-state index in [1.165, 1.54) is 25.9 Å². The molecule has 2 unspecified atom stereocenters. The zero-order chi connectivity index (χ0) is 13.3. The average Bonchev–Trinajstić information content (AvgIpc) is 2.15. The Labute approximate surface area is 108 Å². The maximum absolute atomic E-state index is 3.85. The Morgan fingerprint density at radius 3 is 2.06 bits per heavy atom. The highest BCUT2D eigenvalue weighted by atomic mass is 15.3. The van der Waals surface area contributed by atoms with Gasteiger partial charge in [-0.1, -0.05) is 34.1 Å². The normalized spacial score (nSPS) is 28.4. The van der Waals surface area contributed by atoms with Gasteiger partial charge in [0, 0.05) is 30.7 Å². The molecule has 1 rings (SSSR count). The van der Waals surface area contributed by atoms with Gasteiger partial charge in [0.15, 0.2) is 0 Å². The smallest absolute Gasteiger partial charge is 0.0246 e. The maximum atomic E-state index is 3.85. The van der Waals surface area contributed by atoms with Gasteiger partial charge in [0.25, 0.3) is 0 Å². The van der Waals surface area contributed by atoms with E-state index in [-0.39, 0.29) is 5.54 Å². The third-order valence-electron chi connectivity index (χ3n) is 3.91. The SMILES string of the molecule is CCCC1CN(C(C)(C)C)CC(C(C)(C)C)N1. The van der Waals surface area contributed by atoms with E-state index in [9.17, 15) is 0 Å². The van der Waals surface area contributed by atoms with Crippen molar-refractivity contribution >= 4 is 0 Å². The van der Waals surface area contributed by atoms with Crippen LogP contribution < -0.4 is 5.32 Å². The minimum atomic E-state index is 0.289. The van der Waals surface area contributed by atoms with Crippen LogP contribution in [0.25, 0.3) is 0 Å². The molecule has 0 aromatic carbocycles. The van der Waals surface area contributed by atoms with E-state index in [4.69, 9.17) is 0 Å². The van der Waals surface area contributed by atoms with E-state index < -0.39 is 0 Å². The first-order valence-corrected chi connectivity index (χ1v) is 7.15. The van der Waals surface area contributed by atoms with Crippen LogP contribution in [0.5, 0.6) is 0 Å². The van der Waals surface area contributed by atoms with Crippen LogP contribution in [-0.2, 0) is 0 Å². The Bertz CT molecular complexity index is 212. The summed E-state index contributed by atoms with van der Waals surface area (Å²) < 4.78 is 0. The molecule has 1 aliphatic rings. The van der Waals surface area contributed by atoms with Crippen LogP contribution >= 0.6 is 0 Å². The standard InChI is InChI=1S/C15H32N2/c1-8-9-12-10-17(15(5,6)7)11-13(16-12)14(2,3)4/h12-13,16H,8-11H2,1-7H3. The van der Waals surface area contributed by atoms with E-state index >= 15 is 0 Å². The summed E-state index contributed by atoms with van der Waals surface area (Å²) in [6.07, 6.45) is 2.56. The average molecular weight is 240 g/mol. The molecule has 102 valence electrons. The minimum Gasteiger partial charge on any atom is -0.308 e. The van der Waals surface area contributed by atoms with Crippen molar-refractivity contribution in [2.24, 2.45) is 5.41 Å². The van der Waals surface area contributed by atoms with Gasteiger partial charge in [-0.25, -0.2) is 0 Å². The zero-order valence-electron chi connectivity index (χ0n) is 12.9. The highest BCUT2D eigenvalue weighted by Gasteiger charge is 2.36. The largest absolute Gasteiger partial charge is 0.308 e. The molecule has 0 aromatic heterocycles. The maximum Gasteiger partial charge on any atom is 0.0246 e. The van der Waals surface area contributed by atoms with Crippen LogP contribution in [0.3, 0.4) is 0 Å².